The van der Waals surface area contributed by atoms with Gasteiger partial charge in [0.15, 0.2) is 0 Å². The van der Waals surface area contributed by atoms with Crippen molar-refractivity contribution in [1.29, 1.82) is 0 Å². The Morgan fingerprint density at radius 1 is 1.14 bits per heavy atom. The second kappa shape index (κ2) is 9.46. The number of hydrogen-bond acceptors (Lipinski definition) is 5. The minimum atomic E-state index is -0.461. The van der Waals surface area contributed by atoms with E-state index in [1.54, 1.807) is 43.1 Å². The lowest BCUT2D eigenvalue weighted by Crippen LogP contribution is -2.15. The largest absolute Gasteiger partial charge is 0.497 e. The molecule has 2 aromatic carbocycles. The van der Waals surface area contributed by atoms with Gasteiger partial charge in [-0.1, -0.05) is 25.1 Å². The third-order valence-electron chi connectivity index (χ3n) is 4.40. The molecular weight excluding hydrogens is 372 g/mol. The average Bonchev–Trinajstić information content (AvgIpc) is 2.71. The smallest absolute Gasteiger partial charge is 0.411 e. The van der Waals surface area contributed by atoms with Gasteiger partial charge in [0.2, 0.25) is 0 Å². The summed E-state index contributed by atoms with van der Waals surface area (Å²) in [5.74, 6) is 1.41. The highest BCUT2D eigenvalue weighted by Crippen LogP contribution is 2.32. The lowest BCUT2D eigenvalue weighted by atomic mass is 10.1. The van der Waals surface area contributed by atoms with Gasteiger partial charge in [0.05, 0.1) is 12.6 Å². The Balaban J connectivity index is 1.58. The summed E-state index contributed by atoms with van der Waals surface area (Å²) in [6.07, 6.45) is 0.461. The summed E-state index contributed by atoms with van der Waals surface area (Å²) in [6.45, 7) is 4.52. The Hall–Kier alpha value is -2.73. The Morgan fingerprint density at radius 2 is 1.89 bits per heavy atom. The van der Waals surface area contributed by atoms with Gasteiger partial charge in [0.25, 0.3) is 0 Å². The number of pyridine rings is 1. The van der Waals surface area contributed by atoms with Gasteiger partial charge in [-0.3, -0.25) is 10.3 Å². The maximum absolute atomic E-state index is 12.0. The maximum atomic E-state index is 12.0. The highest BCUT2D eigenvalue weighted by Gasteiger charge is 2.12. The average molecular weight is 397 g/mol. The molecule has 6 heteroatoms. The number of carbonyl (C=O) groups excluding carboxylic acids is 1. The lowest BCUT2D eigenvalue weighted by molar-refractivity contribution is 0.169. The lowest BCUT2D eigenvalue weighted by Gasteiger charge is -2.14. The third kappa shape index (κ3) is 4.75. The van der Waals surface area contributed by atoms with Crippen molar-refractivity contribution in [2.75, 3.05) is 24.8 Å². The molecule has 0 spiro atoms. The molecule has 0 radical (unpaired) electrons. The quantitative estimate of drug-likeness (QED) is 0.425. The van der Waals surface area contributed by atoms with Crippen molar-refractivity contribution in [3.05, 3.63) is 59.8 Å². The number of nitrogens with zero attached hydrogens (tertiary/aromatic N) is 1. The summed E-state index contributed by atoms with van der Waals surface area (Å²) in [6, 6.07) is 15.3. The number of aryl methyl sites for hydroxylation is 1. The van der Waals surface area contributed by atoms with Crippen LogP contribution in [0.2, 0.25) is 0 Å². The van der Waals surface area contributed by atoms with Crippen LogP contribution in [0.3, 0.4) is 0 Å². The van der Waals surface area contributed by atoms with Crippen LogP contribution >= 0.6 is 11.8 Å². The topological polar surface area (TPSA) is 60.5 Å². The molecule has 3 rings (SSSR count). The third-order valence-corrected chi connectivity index (χ3v) is 5.53. The predicted octanol–water partition coefficient (Wildman–Crippen LogP) is 5.46. The molecular formula is C22H24N2O3S. The van der Waals surface area contributed by atoms with E-state index in [1.807, 2.05) is 25.1 Å². The monoisotopic (exact) mass is 396 g/mol. The number of amides is 1. The number of benzene rings is 2. The number of para-hydroxylation sites is 1. The van der Waals surface area contributed by atoms with Crippen LogP contribution in [0.5, 0.6) is 5.75 Å². The zero-order valence-electron chi connectivity index (χ0n) is 16.3. The van der Waals surface area contributed by atoms with E-state index < -0.39 is 6.09 Å². The summed E-state index contributed by atoms with van der Waals surface area (Å²) in [4.78, 5) is 17.9. The summed E-state index contributed by atoms with van der Waals surface area (Å²) >= 11 is 1.71. The van der Waals surface area contributed by atoms with Crippen LogP contribution in [0.1, 0.15) is 18.2 Å². The van der Waals surface area contributed by atoms with Crippen molar-refractivity contribution < 1.29 is 14.3 Å². The van der Waals surface area contributed by atoms with Gasteiger partial charge in [-0.05, 0) is 49.2 Å². The number of methoxy groups -OCH3 is 1. The zero-order valence-corrected chi connectivity index (χ0v) is 17.1. The maximum Gasteiger partial charge on any atom is 0.411 e. The fraction of sp³-hybridized carbons (Fsp3) is 0.273. The van der Waals surface area contributed by atoms with Gasteiger partial charge < -0.3 is 9.47 Å². The SMILES string of the molecule is CCc1c(C)nc2ccccc2c1SCCOC(=O)Nc1ccc(OC)cc1. The van der Waals surface area contributed by atoms with E-state index in [9.17, 15) is 4.79 Å². The van der Waals surface area contributed by atoms with Gasteiger partial charge in [-0.15, -0.1) is 11.8 Å². The summed E-state index contributed by atoms with van der Waals surface area (Å²) in [5, 5.41) is 3.87. The predicted molar refractivity (Wildman–Crippen MR) is 115 cm³/mol. The molecule has 0 fully saturated rings. The van der Waals surface area contributed by atoms with Crippen molar-refractivity contribution in [3.8, 4) is 5.75 Å². The second-order valence-electron chi connectivity index (χ2n) is 6.21. The van der Waals surface area contributed by atoms with E-state index >= 15 is 0 Å². The Kier molecular flexibility index (Phi) is 6.76. The molecule has 3 aromatic rings. The van der Waals surface area contributed by atoms with Crippen molar-refractivity contribution in [2.45, 2.75) is 25.2 Å². The first-order chi connectivity index (χ1) is 13.6. The van der Waals surface area contributed by atoms with Gasteiger partial charge in [-0.25, -0.2) is 4.79 Å². The number of nitrogens with one attached hydrogen (secondary N) is 1. The first kappa shape index (κ1) is 20.0. The second-order valence-corrected chi connectivity index (χ2v) is 7.32. The summed E-state index contributed by atoms with van der Waals surface area (Å²) in [7, 11) is 1.60. The molecule has 0 atom stereocenters. The van der Waals surface area contributed by atoms with Gasteiger partial charge in [0, 0.05) is 27.4 Å². The summed E-state index contributed by atoms with van der Waals surface area (Å²) in [5.41, 5.74) is 3.98. The van der Waals surface area contributed by atoms with E-state index in [0.29, 0.717) is 18.0 Å². The molecule has 0 aliphatic rings. The van der Waals surface area contributed by atoms with Gasteiger partial charge in [0.1, 0.15) is 12.4 Å². The molecule has 1 aromatic heterocycles. The van der Waals surface area contributed by atoms with Crippen LogP contribution in [0.15, 0.2) is 53.4 Å². The molecule has 5 nitrogen and oxygen atoms in total. The number of thioether (sulfide) groups is 1. The molecule has 0 unspecified atom stereocenters. The van der Waals surface area contributed by atoms with Crippen molar-refractivity contribution in [2.24, 2.45) is 0 Å². The molecule has 0 bridgehead atoms. The molecule has 28 heavy (non-hydrogen) atoms. The van der Waals surface area contributed by atoms with E-state index in [2.05, 4.69) is 18.3 Å². The number of carbonyl (C=O) groups is 1. The highest BCUT2D eigenvalue weighted by molar-refractivity contribution is 7.99. The first-order valence-corrected chi connectivity index (χ1v) is 10.2. The zero-order chi connectivity index (χ0) is 19.9. The molecule has 0 saturated carbocycles. The van der Waals surface area contributed by atoms with Crippen LogP contribution < -0.4 is 10.1 Å². The number of rotatable bonds is 7. The molecule has 0 aliphatic heterocycles. The Labute approximate surface area is 169 Å². The van der Waals surface area contributed by atoms with E-state index in [0.717, 1.165) is 28.8 Å². The number of anilines is 1. The molecule has 1 heterocycles. The fourth-order valence-electron chi connectivity index (χ4n) is 3.03. The molecule has 1 amide bonds. The van der Waals surface area contributed by atoms with Crippen molar-refractivity contribution >= 4 is 34.4 Å². The van der Waals surface area contributed by atoms with Gasteiger partial charge in [-0.2, -0.15) is 0 Å². The van der Waals surface area contributed by atoms with Crippen LogP contribution in [0.25, 0.3) is 10.9 Å². The van der Waals surface area contributed by atoms with Crippen LogP contribution in [-0.4, -0.2) is 30.5 Å². The number of ether oxygens (including phenoxy) is 2. The first-order valence-electron chi connectivity index (χ1n) is 9.21. The standard InChI is InChI=1S/C22H24N2O3S/c1-4-18-15(2)23-20-8-6-5-7-19(20)21(18)28-14-13-27-22(25)24-16-9-11-17(26-3)12-10-16/h5-12H,4,13-14H2,1-3H3,(H,24,25). The van der Waals surface area contributed by atoms with E-state index in [1.165, 1.54) is 10.5 Å². The summed E-state index contributed by atoms with van der Waals surface area (Å²) < 4.78 is 10.4. The van der Waals surface area contributed by atoms with Crippen LogP contribution in [0.4, 0.5) is 10.5 Å². The Morgan fingerprint density at radius 3 is 2.61 bits per heavy atom. The minimum Gasteiger partial charge on any atom is -0.497 e. The normalized spacial score (nSPS) is 10.7. The van der Waals surface area contributed by atoms with Crippen molar-refractivity contribution in [3.63, 3.8) is 0 Å². The number of fused-ring (bicyclic) bond motifs is 1. The van der Waals surface area contributed by atoms with Crippen molar-refractivity contribution in [1.82, 2.24) is 4.98 Å². The van der Waals surface area contributed by atoms with Crippen LogP contribution in [0, 0.1) is 6.92 Å². The Bertz CT molecular complexity index is 958. The fourth-order valence-corrected chi connectivity index (χ4v) is 4.19. The number of hydrogen-bond donors (Lipinski definition) is 1. The van der Waals surface area contributed by atoms with Gasteiger partial charge >= 0.3 is 6.09 Å². The minimum absolute atomic E-state index is 0.325. The van der Waals surface area contributed by atoms with E-state index in [-0.39, 0.29) is 0 Å². The van der Waals surface area contributed by atoms with Crippen LogP contribution in [-0.2, 0) is 11.2 Å². The molecule has 0 saturated heterocycles. The molecule has 0 aliphatic carbocycles. The highest BCUT2D eigenvalue weighted by atomic mass is 32.2. The molecule has 146 valence electrons. The number of aromatic nitrogens is 1. The van der Waals surface area contributed by atoms with E-state index in [4.69, 9.17) is 14.5 Å². The molecule has 1 N–H and O–H groups in total.